The van der Waals surface area contributed by atoms with Crippen molar-refractivity contribution in [3.63, 3.8) is 0 Å². The van der Waals surface area contributed by atoms with Gasteiger partial charge in [-0.15, -0.1) is 0 Å². The number of rotatable bonds is 9. The highest BCUT2D eigenvalue weighted by molar-refractivity contribution is 6.03. The zero-order valence-corrected chi connectivity index (χ0v) is 10.8. The summed E-state index contributed by atoms with van der Waals surface area (Å²) in [4.78, 5) is 21.0. The largest absolute Gasteiger partial charge is 0.479 e. The lowest BCUT2D eigenvalue weighted by Crippen LogP contribution is -2.60. The number of carboxylic acids is 2. The van der Waals surface area contributed by atoms with Crippen molar-refractivity contribution >= 4 is 11.9 Å². The zero-order chi connectivity index (χ0) is 15.3. The zero-order valence-electron chi connectivity index (χ0n) is 10.8. The predicted molar refractivity (Wildman–Crippen MR) is 65.8 cm³/mol. The molecular formula is C10H22N2O7. The van der Waals surface area contributed by atoms with Crippen LogP contribution in [0.4, 0.5) is 0 Å². The molecule has 0 bridgehead atoms. The minimum Gasteiger partial charge on any atom is -0.479 e. The summed E-state index contributed by atoms with van der Waals surface area (Å²) < 4.78 is 0. The van der Waals surface area contributed by atoms with E-state index in [0.717, 1.165) is 0 Å². The highest BCUT2D eigenvalue weighted by atomic mass is 16.4. The monoisotopic (exact) mass is 282 g/mol. The van der Waals surface area contributed by atoms with E-state index in [2.05, 4.69) is 10.6 Å². The second-order valence-corrected chi connectivity index (χ2v) is 3.40. The number of aliphatic hydroxyl groups excluding tert-OH is 3. The van der Waals surface area contributed by atoms with Gasteiger partial charge in [-0.25, -0.2) is 9.59 Å². The molecule has 0 radical (unpaired) electrons. The lowest BCUT2D eigenvalue weighted by Gasteiger charge is -2.22. The molecule has 0 aromatic rings. The van der Waals surface area contributed by atoms with E-state index in [4.69, 9.17) is 25.5 Å². The first-order valence-corrected chi connectivity index (χ1v) is 5.68. The summed E-state index contributed by atoms with van der Waals surface area (Å²) in [6.07, 6.45) is 0. The van der Waals surface area contributed by atoms with Crippen molar-refractivity contribution in [3.8, 4) is 0 Å². The Morgan fingerprint density at radius 3 is 1.58 bits per heavy atom. The Morgan fingerprint density at radius 1 is 1.00 bits per heavy atom. The first kappa shape index (κ1) is 20.1. The number of carbonyl (C=O) groups is 2. The molecule has 0 aliphatic heterocycles. The Labute approximate surface area is 110 Å². The number of hydrogen-bond acceptors (Lipinski definition) is 7. The van der Waals surface area contributed by atoms with Crippen LogP contribution in [-0.4, -0.2) is 82.5 Å². The Morgan fingerprint density at radius 2 is 1.42 bits per heavy atom. The third kappa shape index (κ3) is 7.70. The predicted octanol–water partition coefficient (Wildman–Crippen LogP) is -2.94. The van der Waals surface area contributed by atoms with Gasteiger partial charge in [0.05, 0.1) is 19.8 Å². The van der Waals surface area contributed by atoms with Crippen LogP contribution in [0, 0.1) is 0 Å². The highest BCUT2D eigenvalue weighted by Crippen LogP contribution is 2.03. The Hall–Kier alpha value is -1.26. The highest BCUT2D eigenvalue weighted by Gasteiger charge is 2.45. The molecule has 0 aromatic heterocycles. The van der Waals surface area contributed by atoms with Crippen LogP contribution in [-0.2, 0) is 9.59 Å². The molecule has 0 aliphatic rings. The van der Waals surface area contributed by atoms with Crippen molar-refractivity contribution in [3.05, 3.63) is 0 Å². The molecule has 0 aliphatic carbocycles. The van der Waals surface area contributed by atoms with Crippen LogP contribution >= 0.6 is 0 Å². The summed E-state index contributed by atoms with van der Waals surface area (Å²) in [6.45, 7) is 2.14. The first-order chi connectivity index (χ1) is 8.92. The van der Waals surface area contributed by atoms with Crippen molar-refractivity contribution in [2.75, 3.05) is 39.5 Å². The number of carboxylic acid groups (broad SMARTS) is 2. The number of aliphatic carboxylic acids is 2. The molecule has 0 saturated carbocycles. The fourth-order valence-electron chi connectivity index (χ4n) is 1.02. The Kier molecular flexibility index (Phi) is 12.5. The third-order valence-corrected chi connectivity index (χ3v) is 2.02. The molecule has 0 atom stereocenters. The molecule has 0 unspecified atom stereocenters. The molecule has 9 heteroatoms. The van der Waals surface area contributed by atoms with Crippen LogP contribution in [0.15, 0.2) is 0 Å². The average Bonchev–Trinajstić information content (AvgIpc) is 2.36. The summed E-state index contributed by atoms with van der Waals surface area (Å²) in [5.74, 6) is -3.20. The van der Waals surface area contributed by atoms with Crippen LogP contribution in [0.25, 0.3) is 0 Å². The number of hydrogen-bond donors (Lipinski definition) is 7. The lowest BCUT2D eigenvalue weighted by atomic mass is 10.0. The Balaban J connectivity index is 0. The Bertz CT molecular complexity index is 242. The van der Waals surface area contributed by atoms with E-state index < -0.39 is 24.1 Å². The maximum absolute atomic E-state index is 10.5. The van der Waals surface area contributed by atoms with Gasteiger partial charge in [0.2, 0.25) is 5.54 Å². The molecule has 114 valence electrons. The van der Waals surface area contributed by atoms with Gasteiger partial charge in [-0.05, 0) is 6.54 Å². The molecule has 0 heterocycles. The first-order valence-electron chi connectivity index (χ1n) is 5.68. The van der Waals surface area contributed by atoms with Crippen LogP contribution < -0.4 is 10.6 Å². The van der Waals surface area contributed by atoms with E-state index in [9.17, 15) is 9.59 Å². The van der Waals surface area contributed by atoms with E-state index in [0.29, 0.717) is 13.1 Å². The van der Waals surface area contributed by atoms with Crippen LogP contribution in [0.3, 0.4) is 0 Å². The van der Waals surface area contributed by atoms with Gasteiger partial charge in [0, 0.05) is 13.1 Å². The average molecular weight is 282 g/mol. The van der Waals surface area contributed by atoms with Crippen molar-refractivity contribution in [2.24, 2.45) is 0 Å². The van der Waals surface area contributed by atoms with E-state index in [1.807, 2.05) is 0 Å². The molecule has 19 heavy (non-hydrogen) atoms. The lowest BCUT2D eigenvalue weighted by molar-refractivity contribution is -0.161. The fraction of sp³-hybridized carbons (Fsp3) is 0.800. The summed E-state index contributed by atoms with van der Waals surface area (Å²) in [6, 6.07) is 0. The smallest absolute Gasteiger partial charge is 0.338 e. The van der Waals surface area contributed by atoms with E-state index in [1.165, 1.54) is 0 Å². The molecular weight excluding hydrogens is 260 g/mol. The van der Waals surface area contributed by atoms with Crippen LogP contribution in [0.1, 0.15) is 6.92 Å². The van der Waals surface area contributed by atoms with Crippen molar-refractivity contribution in [1.82, 2.24) is 10.6 Å². The van der Waals surface area contributed by atoms with Crippen molar-refractivity contribution < 1.29 is 35.1 Å². The maximum Gasteiger partial charge on any atom is 0.338 e. The fourth-order valence-corrected chi connectivity index (χ4v) is 1.02. The maximum atomic E-state index is 10.5. The van der Waals surface area contributed by atoms with E-state index >= 15 is 0 Å². The van der Waals surface area contributed by atoms with Gasteiger partial charge in [0.25, 0.3) is 0 Å². The molecule has 0 spiro atoms. The molecule has 0 aromatic carbocycles. The van der Waals surface area contributed by atoms with Gasteiger partial charge in [-0.2, -0.15) is 0 Å². The minimum atomic E-state index is -2.27. The molecule has 0 amide bonds. The van der Waals surface area contributed by atoms with Crippen LogP contribution in [0.2, 0.25) is 0 Å². The normalized spacial score (nSPS) is 10.5. The van der Waals surface area contributed by atoms with Gasteiger partial charge in [0.15, 0.2) is 0 Å². The number of likely N-dealkylation sites (N-methyl/N-ethyl adjacent to an activating group) is 1. The molecule has 9 nitrogen and oxygen atoms in total. The SMILES string of the molecule is CCNC(CO)(C(=O)O)C(=O)O.OCCNCCO. The topological polar surface area (TPSA) is 159 Å². The molecule has 7 N–H and O–H groups in total. The quantitative estimate of drug-likeness (QED) is 0.173. The van der Waals surface area contributed by atoms with Gasteiger partial charge in [0.1, 0.15) is 0 Å². The van der Waals surface area contributed by atoms with Crippen molar-refractivity contribution in [2.45, 2.75) is 12.5 Å². The number of aliphatic hydroxyl groups is 3. The van der Waals surface area contributed by atoms with E-state index in [1.54, 1.807) is 6.92 Å². The van der Waals surface area contributed by atoms with Gasteiger partial charge >= 0.3 is 11.9 Å². The van der Waals surface area contributed by atoms with Gasteiger partial charge in [-0.1, -0.05) is 6.92 Å². The minimum absolute atomic E-state index is 0.139. The van der Waals surface area contributed by atoms with E-state index in [-0.39, 0.29) is 19.8 Å². The molecule has 0 rings (SSSR count). The van der Waals surface area contributed by atoms with Crippen molar-refractivity contribution in [1.29, 1.82) is 0 Å². The second kappa shape index (κ2) is 11.8. The summed E-state index contributed by atoms with van der Waals surface area (Å²) in [5.41, 5.74) is -2.27. The third-order valence-electron chi connectivity index (χ3n) is 2.02. The summed E-state index contributed by atoms with van der Waals surface area (Å²) in [5, 5.41) is 46.9. The molecule has 0 saturated heterocycles. The molecule has 0 fully saturated rings. The van der Waals surface area contributed by atoms with Gasteiger partial charge in [-0.3, -0.25) is 5.32 Å². The summed E-state index contributed by atoms with van der Waals surface area (Å²) in [7, 11) is 0. The van der Waals surface area contributed by atoms with Gasteiger partial charge < -0.3 is 30.8 Å². The standard InChI is InChI=1S/C6H11NO5.C4H11NO2/c1-2-7-6(3-8,4(9)10)5(11)12;6-3-1-5-2-4-7/h7-8H,2-3H2,1H3,(H,9,10)(H,11,12);5-7H,1-4H2. The number of nitrogens with one attached hydrogen (secondary N) is 2. The van der Waals surface area contributed by atoms with Crippen LogP contribution in [0.5, 0.6) is 0 Å². The second-order valence-electron chi connectivity index (χ2n) is 3.40. The summed E-state index contributed by atoms with van der Waals surface area (Å²) >= 11 is 0.